The lowest BCUT2D eigenvalue weighted by molar-refractivity contribution is 0.0785. The van der Waals surface area contributed by atoms with Crippen LogP contribution < -0.4 is 0 Å². The molecular weight excluding hydrogens is 266 g/mol. The summed E-state index contributed by atoms with van der Waals surface area (Å²) in [5.74, 6) is 1.28. The predicted molar refractivity (Wildman–Crippen MR) is 77.1 cm³/mol. The van der Waals surface area contributed by atoms with Crippen LogP contribution in [0.3, 0.4) is 0 Å². The van der Waals surface area contributed by atoms with Crippen molar-refractivity contribution in [1.29, 1.82) is 0 Å². The second-order valence-electron chi connectivity index (χ2n) is 6.00. The van der Waals surface area contributed by atoms with E-state index in [4.69, 9.17) is 0 Å². The topological polar surface area (TPSA) is 77.7 Å². The molecule has 1 unspecified atom stereocenters. The Hall–Kier alpha value is -2.11. The van der Waals surface area contributed by atoms with Crippen LogP contribution in [-0.2, 0) is 12.8 Å². The molecule has 6 heteroatoms. The standard InChI is InChI=1S/C15H19N5O/c21-15(13-7-10-3-1-2-4-12(10)18-13)20-6-5-11(8-20)14-16-9-17-19-14/h7,9,11,18H,1-6,8H2,(H,16,17,19). The highest BCUT2D eigenvalue weighted by Crippen LogP contribution is 2.27. The first-order valence-electron chi connectivity index (χ1n) is 7.66. The van der Waals surface area contributed by atoms with Crippen molar-refractivity contribution >= 4 is 5.91 Å². The number of aromatic amines is 2. The second kappa shape index (κ2) is 5.02. The smallest absolute Gasteiger partial charge is 0.270 e. The van der Waals surface area contributed by atoms with Crippen LogP contribution in [0.4, 0.5) is 0 Å². The van der Waals surface area contributed by atoms with Crippen molar-refractivity contribution in [2.75, 3.05) is 13.1 Å². The molecule has 110 valence electrons. The van der Waals surface area contributed by atoms with Crippen LogP contribution >= 0.6 is 0 Å². The van der Waals surface area contributed by atoms with Gasteiger partial charge in [0.2, 0.25) is 0 Å². The fraction of sp³-hybridized carbons (Fsp3) is 0.533. The summed E-state index contributed by atoms with van der Waals surface area (Å²) in [7, 11) is 0. The number of nitrogens with zero attached hydrogens (tertiary/aromatic N) is 3. The predicted octanol–water partition coefficient (Wildman–Crippen LogP) is 1.64. The molecule has 2 aromatic heterocycles. The molecule has 2 aliphatic rings. The fourth-order valence-electron chi connectivity index (χ4n) is 3.47. The number of carbonyl (C=O) groups is 1. The van der Waals surface area contributed by atoms with Crippen molar-refractivity contribution in [1.82, 2.24) is 25.1 Å². The molecule has 1 aliphatic carbocycles. The largest absolute Gasteiger partial charge is 0.354 e. The molecule has 2 aromatic rings. The number of hydrogen-bond acceptors (Lipinski definition) is 3. The van der Waals surface area contributed by atoms with Gasteiger partial charge in [0.1, 0.15) is 17.8 Å². The van der Waals surface area contributed by atoms with Crippen molar-refractivity contribution in [3.05, 3.63) is 35.2 Å². The molecule has 6 nitrogen and oxygen atoms in total. The van der Waals surface area contributed by atoms with Gasteiger partial charge in [-0.1, -0.05) is 0 Å². The molecule has 21 heavy (non-hydrogen) atoms. The third kappa shape index (κ3) is 2.24. The highest BCUT2D eigenvalue weighted by Gasteiger charge is 2.30. The minimum absolute atomic E-state index is 0.117. The van der Waals surface area contributed by atoms with Crippen molar-refractivity contribution in [3.63, 3.8) is 0 Å². The van der Waals surface area contributed by atoms with Crippen LogP contribution in [0.25, 0.3) is 0 Å². The van der Waals surface area contributed by atoms with E-state index in [-0.39, 0.29) is 11.8 Å². The molecule has 1 saturated heterocycles. The van der Waals surface area contributed by atoms with E-state index < -0.39 is 0 Å². The highest BCUT2D eigenvalue weighted by molar-refractivity contribution is 5.93. The van der Waals surface area contributed by atoms with Gasteiger partial charge >= 0.3 is 0 Å². The molecular formula is C15H19N5O. The van der Waals surface area contributed by atoms with Gasteiger partial charge in [-0.05, 0) is 43.7 Å². The zero-order chi connectivity index (χ0) is 14.2. The summed E-state index contributed by atoms with van der Waals surface area (Å²) in [6, 6.07) is 2.05. The number of nitrogens with one attached hydrogen (secondary N) is 2. The summed E-state index contributed by atoms with van der Waals surface area (Å²) in [6.07, 6.45) is 7.09. The van der Waals surface area contributed by atoms with Gasteiger partial charge in [-0.2, -0.15) is 5.10 Å². The third-order valence-corrected chi connectivity index (χ3v) is 4.64. The van der Waals surface area contributed by atoms with Gasteiger partial charge in [-0.15, -0.1) is 0 Å². The van der Waals surface area contributed by atoms with Crippen LogP contribution in [-0.4, -0.2) is 44.1 Å². The van der Waals surface area contributed by atoms with E-state index in [1.54, 1.807) is 0 Å². The van der Waals surface area contributed by atoms with Gasteiger partial charge in [-0.3, -0.25) is 9.89 Å². The van der Waals surface area contributed by atoms with Gasteiger partial charge < -0.3 is 9.88 Å². The number of fused-ring (bicyclic) bond motifs is 1. The molecule has 0 spiro atoms. The number of aromatic nitrogens is 4. The monoisotopic (exact) mass is 285 g/mol. The van der Waals surface area contributed by atoms with Gasteiger partial charge in [0.15, 0.2) is 0 Å². The summed E-state index contributed by atoms with van der Waals surface area (Å²) < 4.78 is 0. The Balaban J connectivity index is 1.49. The average Bonchev–Trinajstić information content (AvgIpc) is 3.24. The maximum absolute atomic E-state index is 12.6. The van der Waals surface area contributed by atoms with Crippen molar-refractivity contribution in [2.24, 2.45) is 0 Å². The number of aryl methyl sites for hydroxylation is 2. The Morgan fingerprint density at radius 1 is 1.33 bits per heavy atom. The van der Waals surface area contributed by atoms with E-state index in [2.05, 4.69) is 26.2 Å². The van der Waals surface area contributed by atoms with Crippen LogP contribution in [0.1, 0.15) is 52.8 Å². The molecule has 1 fully saturated rings. The highest BCUT2D eigenvalue weighted by atomic mass is 16.2. The summed E-state index contributed by atoms with van der Waals surface area (Å²) in [5.41, 5.74) is 3.34. The van der Waals surface area contributed by atoms with E-state index >= 15 is 0 Å². The van der Waals surface area contributed by atoms with Crippen molar-refractivity contribution in [3.8, 4) is 0 Å². The Bertz CT molecular complexity index is 622. The van der Waals surface area contributed by atoms with Crippen LogP contribution in [0.5, 0.6) is 0 Å². The number of carbonyl (C=O) groups excluding carboxylic acids is 1. The molecule has 0 aromatic carbocycles. The molecule has 2 N–H and O–H groups in total. The van der Waals surface area contributed by atoms with E-state index in [0.717, 1.165) is 43.9 Å². The molecule has 4 rings (SSSR count). The molecule has 1 amide bonds. The number of likely N-dealkylation sites (tertiary alicyclic amines) is 1. The Kier molecular flexibility index (Phi) is 3.02. The van der Waals surface area contributed by atoms with Crippen LogP contribution in [0, 0.1) is 0 Å². The second-order valence-corrected chi connectivity index (χ2v) is 6.00. The minimum atomic E-state index is 0.117. The minimum Gasteiger partial charge on any atom is -0.354 e. The molecule has 0 radical (unpaired) electrons. The first kappa shape index (κ1) is 12.6. The van der Waals surface area contributed by atoms with Gasteiger partial charge in [0.25, 0.3) is 5.91 Å². The first-order chi connectivity index (χ1) is 10.3. The fourth-order valence-corrected chi connectivity index (χ4v) is 3.47. The molecule has 0 saturated carbocycles. The Morgan fingerprint density at radius 3 is 3.05 bits per heavy atom. The van der Waals surface area contributed by atoms with E-state index in [1.807, 2.05) is 4.90 Å². The SMILES string of the molecule is O=C(c1cc2c([nH]1)CCCC2)N1CCC(c2ncn[nH]2)C1. The summed E-state index contributed by atoms with van der Waals surface area (Å²) >= 11 is 0. The number of rotatable bonds is 2. The van der Waals surface area contributed by atoms with E-state index in [0.29, 0.717) is 0 Å². The summed E-state index contributed by atoms with van der Waals surface area (Å²) in [6.45, 7) is 1.51. The van der Waals surface area contributed by atoms with Crippen LogP contribution in [0.15, 0.2) is 12.4 Å². The number of amides is 1. The summed E-state index contributed by atoms with van der Waals surface area (Å²) in [4.78, 5) is 22.1. The number of H-pyrrole nitrogens is 2. The van der Waals surface area contributed by atoms with Crippen LogP contribution in [0.2, 0.25) is 0 Å². The van der Waals surface area contributed by atoms with E-state index in [9.17, 15) is 4.79 Å². The van der Waals surface area contributed by atoms with Crippen molar-refractivity contribution < 1.29 is 4.79 Å². The number of hydrogen-bond donors (Lipinski definition) is 2. The maximum atomic E-state index is 12.6. The molecule has 1 aliphatic heterocycles. The zero-order valence-electron chi connectivity index (χ0n) is 11.9. The van der Waals surface area contributed by atoms with Crippen molar-refractivity contribution in [2.45, 2.75) is 38.0 Å². The maximum Gasteiger partial charge on any atom is 0.270 e. The molecule has 3 heterocycles. The average molecular weight is 285 g/mol. The Labute approximate surface area is 123 Å². The van der Waals surface area contributed by atoms with E-state index in [1.165, 1.54) is 30.4 Å². The lowest BCUT2D eigenvalue weighted by Gasteiger charge is -2.15. The van der Waals surface area contributed by atoms with Gasteiger partial charge in [-0.25, -0.2) is 4.98 Å². The Morgan fingerprint density at radius 2 is 2.24 bits per heavy atom. The zero-order valence-corrected chi connectivity index (χ0v) is 11.9. The first-order valence-corrected chi connectivity index (χ1v) is 7.66. The summed E-state index contributed by atoms with van der Waals surface area (Å²) in [5, 5.41) is 6.80. The lowest BCUT2D eigenvalue weighted by Crippen LogP contribution is -2.28. The molecule has 0 bridgehead atoms. The van der Waals surface area contributed by atoms with Gasteiger partial charge in [0, 0.05) is 24.7 Å². The van der Waals surface area contributed by atoms with Gasteiger partial charge in [0.05, 0.1) is 0 Å². The lowest BCUT2D eigenvalue weighted by atomic mass is 9.98. The third-order valence-electron chi connectivity index (χ3n) is 4.64. The normalized spacial score (nSPS) is 21.5. The molecule has 1 atom stereocenters. The quantitative estimate of drug-likeness (QED) is 0.880.